The molecule has 0 N–H and O–H groups in total. The molecule has 6 heteroatoms. The van der Waals surface area contributed by atoms with Crippen LogP contribution in [-0.2, 0) is 19.4 Å². The van der Waals surface area contributed by atoms with Crippen LogP contribution in [0.4, 0.5) is 0 Å². The maximum Gasteiger partial charge on any atom is 0.321 e. The van der Waals surface area contributed by atoms with Crippen LogP contribution in [0.5, 0.6) is 0 Å². The van der Waals surface area contributed by atoms with Gasteiger partial charge in [0, 0.05) is 4.47 Å². The minimum Gasteiger partial charge on any atom is -0.465 e. The van der Waals surface area contributed by atoms with E-state index in [1.54, 1.807) is 12.1 Å². The number of unbranched alkanes of at least 4 members (excludes halogenated alkanes) is 1. The van der Waals surface area contributed by atoms with Gasteiger partial charge in [-0.15, -0.1) is 0 Å². The Hall–Kier alpha value is -0.880. The Labute approximate surface area is 115 Å². The first-order chi connectivity index (χ1) is 8.45. The van der Waals surface area contributed by atoms with Gasteiger partial charge in [0.15, 0.2) is 15.6 Å². The van der Waals surface area contributed by atoms with Gasteiger partial charge in [0.2, 0.25) is 0 Å². The second kappa shape index (κ2) is 6.89. The van der Waals surface area contributed by atoms with Crippen molar-refractivity contribution in [2.24, 2.45) is 0 Å². The molecule has 0 aromatic heterocycles. The molecule has 4 nitrogen and oxygen atoms in total. The lowest BCUT2D eigenvalue weighted by molar-refractivity contribution is -0.140. The number of sulfone groups is 1. The molecule has 0 aliphatic heterocycles. The van der Waals surface area contributed by atoms with Crippen molar-refractivity contribution in [3.63, 3.8) is 0 Å². The molecular formula is C12H15BrO4S. The molecule has 0 aliphatic carbocycles. The van der Waals surface area contributed by atoms with Gasteiger partial charge in [0.1, 0.15) is 0 Å². The smallest absolute Gasteiger partial charge is 0.321 e. The number of carbonyl (C=O) groups is 1. The predicted octanol–water partition coefficient (Wildman–Crippen LogP) is 2.57. The summed E-state index contributed by atoms with van der Waals surface area (Å²) in [4.78, 5) is 11.5. The molecule has 0 aliphatic rings. The average Bonchev–Trinajstić information content (AvgIpc) is 2.29. The van der Waals surface area contributed by atoms with Gasteiger partial charge in [0.25, 0.3) is 0 Å². The minimum atomic E-state index is -3.61. The van der Waals surface area contributed by atoms with Crippen LogP contribution in [-0.4, -0.2) is 26.7 Å². The summed E-state index contributed by atoms with van der Waals surface area (Å²) < 4.78 is 29.4. The van der Waals surface area contributed by atoms with Crippen molar-refractivity contribution >= 4 is 31.7 Å². The summed E-state index contributed by atoms with van der Waals surface area (Å²) in [7, 11) is -3.61. The first kappa shape index (κ1) is 15.2. The van der Waals surface area contributed by atoms with Gasteiger partial charge in [-0.25, -0.2) is 8.42 Å². The van der Waals surface area contributed by atoms with Crippen LogP contribution in [0.25, 0.3) is 0 Å². The van der Waals surface area contributed by atoms with E-state index in [2.05, 4.69) is 15.9 Å². The van der Waals surface area contributed by atoms with E-state index in [-0.39, 0.29) is 11.5 Å². The third-order valence-electron chi connectivity index (χ3n) is 2.24. The first-order valence-electron chi connectivity index (χ1n) is 5.59. The number of hydrogen-bond acceptors (Lipinski definition) is 4. The maximum absolute atomic E-state index is 11.9. The largest absolute Gasteiger partial charge is 0.465 e. The topological polar surface area (TPSA) is 60.4 Å². The average molecular weight is 335 g/mol. The van der Waals surface area contributed by atoms with Crippen molar-refractivity contribution in [2.75, 3.05) is 12.4 Å². The highest BCUT2D eigenvalue weighted by Crippen LogP contribution is 2.16. The molecule has 0 saturated heterocycles. The monoisotopic (exact) mass is 334 g/mol. The summed E-state index contributed by atoms with van der Waals surface area (Å²) in [5.41, 5.74) is 0. The highest BCUT2D eigenvalue weighted by atomic mass is 79.9. The number of halogens is 1. The standard InChI is InChI=1S/C12H15BrO4S/c1-2-3-8-17-12(14)9-18(15,16)11-6-4-10(13)5-7-11/h4-7H,2-3,8-9H2,1H3. The van der Waals surface area contributed by atoms with Crippen molar-refractivity contribution in [3.05, 3.63) is 28.7 Å². The van der Waals surface area contributed by atoms with Gasteiger partial charge in [0.05, 0.1) is 11.5 Å². The fourth-order valence-electron chi connectivity index (χ4n) is 1.25. The van der Waals surface area contributed by atoms with Gasteiger partial charge < -0.3 is 4.74 Å². The molecule has 0 fully saturated rings. The highest BCUT2D eigenvalue weighted by Gasteiger charge is 2.20. The number of esters is 1. The van der Waals surface area contributed by atoms with E-state index < -0.39 is 21.6 Å². The van der Waals surface area contributed by atoms with Crippen LogP contribution in [0, 0.1) is 0 Å². The van der Waals surface area contributed by atoms with Gasteiger partial charge in [-0.1, -0.05) is 29.3 Å². The summed E-state index contributed by atoms with van der Waals surface area (Å²) >= 11 is 3.22. The predicted molar refractivity (Wildman–Crippen MR) is 72.1 cm³/mol. The van der Waals surface area contributed by atoms with E-state index >= 15 is 0 Å². The minimum absolute atomic E-state index is 0.123. The molecule has 1 aromatic rings. The quantitative estimate of drug-likeness (QED) is 0.592. The van der Waals surface area contributed by atoms with Gasteiger partial charge in [-0.05, 0) is 30.7 Å². The molecular weight excluding hydrogens is 320 g/mol. The molecule has 0 saturated carbocycles. The van der Waals surface area contributed by atoms with Crippen LogP contribution in [0.3, 0.4) is 0 Å². The van der Waals surface area contributed by atoms with Crippen molar-refractivity contribution in [1.82, 2.24) is 0 Å². The van der Waals surface area contributed by atoms with Crippen molar-refractivity contribution < 1.29 is 17.9 Å². The number of benzene rings is 1. The van der Waals surface area contributed by atoms with E-state index in [4.69, 9.17) is 4.74 Å². The first-order valence-corrected chi connectivity index (χ1v) is 8.04. The Morgan fingerprint density at radius 1 is 1.28 bits per heavy atom. The van der Waals surface area contributed by atoms with E-state index in [0.29, 0.717) is 0 Å². The highest BCUT2D eigenvalue weighted by molar-refractivity contribution is 9.10. The number of ether oxygens (including phenoxy) is 1. The Kier molecular flexibility index (Phi) is 5.81. The molecule has 100 valence electrons. The molecule has 0 amide bonds. The Morgan fingerprint density at radius 2 is 1.89 bits per heavy atom. The zero-order valence-electron chi connectivity index (χ0n) is 10.1. The van der Waals surface area contributed by atoms with Gasteiger partial charge in [-0.3, -0.25) is 4.79 Å². The zero-order chi connectivity index (χ0) is 13.6. The molecule has 0 heterocycles. The van der Waals surface area contributed by atoms with Crippen LogP contribution < -0.4 is 0 Å². The fourth-order valence-corrected chi connectivity index (χ4v) is 2.63. The van der Waals surface area contributed by atoms with Crippen LogP contribution in [0.2, 0.25) is 0 Å². The summed E-state index contributed by atoms with van der Waals surface area (Å²) in [6.07, 6.45) is 1.64. The number of hydrogen-bond donors (Lipinski definition) is 0. The summed E-state index contributed by atoms with van der Waals surface area (Å²) in [5.74, 6) is -1.32. The number of carbonyl (C=O) groups excluding carboxylic acids is 1. The Bertz CT molecular complexity index is 493. The number of rotatable bonds is 6. The molecule has 0 unspecified atom stereocenters. The maximum atomic E-state index is 11.9. The fraction of sp³-hybridized carbons (Fsp3) is 0.417. The van der Waals surface area contributed by atoms with Crippen molar-refractivity contribution in [1.29, 1.82) is 0 Å². The molecule has 1 rings (SSSR count). The Morgan fingerprint density at radius 3 is 2.44 bits per heavy atom. The normalized spacial score (nSPS) is 11.2. The third kappa shape index (κ3) is 4.78. The van der Waals surface area contributed by atoms with Crippen molar-refractivity contribution in [3.8, 4) is 0 Å². The van der Waals surface area contributed by atoms with E-state index in [1.165, 1.54) is 12.1 Å². The molecule has 0 spiro atoms. The molecule has 1 aromatic carbocycles. The molecule has 18 heavy (non-hydrogen) atoms. The van der Waals surface area contributed by atoms with E-state index in [0.717, 1.165) is 17.3 Å². The molecule has 0 bridgehead atoms. The van der Waals surface area contributed by atoms with Crippen LogP contribution in [0.1, 0.15) is 19.8 Å². The molecule has 0 atom stereocenters. The second-order valence-electron chi connectivity index (χ2n) is 3.79. The van der Waals surface area contributed by atoms with E-state index in [9.17, 15) is 13.2 Å². The summed E-state index contributed by atoms with van der Waals surface area (Å²) in [5, 5.41) is 0. The zero-order valence-corrected chi connectivity index (χ0v) is 12.5. The van der Waals surface area contributed by atoms with E-state index in [1.807, 2.05) is 6.92 Å². The Balaban J connectivity index is 2.64. The summed E-state index contributed by atoms with van der Waals surface area (Å²) in [6, 6.07) is 6.15. The van der Waals surface area contributed by atoms with Gasteiger partial charge >= 0.3 is 5.97 Å². The SMILES string of the molecule is CCCCOC(=O)CS(=O)(=O)c1ccc(Br)cc1. The lowest BCUT2D eigenvalue weighted by Crippen LogP contribution is -2.19. The second-order valence-corrected chi connectivity index (χ2v) is 6.69. The lowest BCUT2D eigenvalue weighted by Gasteiger charge is -2.05. The van der Waals surface area contributed by atoms with Crippen molar-refractivity contribution in [2.45, 2.75) is 24.7 Å². The molecule has 0 radical (unpaired) electrons. The summed E-state index contributed by atoms with van der Waals surface area (Å²) in [6.45, 7) is 2.23. The van der Waals surface area contributed by atoms with Crippen LogP contribution >= 0.6 is 15.9 Å². The third-order valence-corrected chi connectivity index (χ3v) is 4.38. The lowest BCUT2D eigenvalue weighted by atomic mass is 10.4. The van der Waals surface area contributed by atoms with Crippen LogP contribution in [0.15, 0.2) is 33.6 Å². The van der Waals surface area contributed by atoms with Gasteiger partial charge in [-0.2, -0.15) is 0 Å².